The maximum absolute atomic E-state index is 14.1. The number of aromatic nitrogens is 5. The van der Waals surface area contributed by atoms with Crippen molar-refractivity contribution in [3.63, 3.8) is 0 Å². The highest BCUT2D eigenvalue weighted by molar-refractivity contribution is 7.98. The Bertz CT molecular complexity index is 1190. The molecule has 29 heavy (non-hydrogen) atoms. The molecule has 0 aliphatic carbocycles. The Kier molecular flexibility index (Phi) is 5.01. The third-order valence-corrected chi connectivity index (χ3v) is 4.91. The van der Waals surface area contributed by atoms with Gasteiger partial charge in [-0.05, 0) is 25.3 Å². The monoisotopic (exact) mass is 413 g/mol. The van der Waals surface area contributed by atoms with Crippen LogP contribution in [-0.2, 0) is 0 Å². The predicted molar refractivity (Wildman–Crippen MR) is 109 cm³/mol. The zero-order chi connectivity index (χ0) is 20.5. The summed E-state index contributed by atoms with van der Waals surface area (Å²) >= 11 is 1.36. The lowest BCUT2D eigenvalue weighted by molar-refractivity contribution is 0.566. The molecule has 1 aromatic carbocycles. The molecule has 0 radical (unpaired) electrons. The number of halogens is 2. The van der Waals surface area contributed by atoms with E-state index >= 15 is 0 Å². The number of nitrogen functional groups attached to an aromatic ring is 1. The second-order valence-electron chi connectivity index (χ2n) is 6.31. The second kappa shape index (κ2) is 7.63. The minimum absolute atomic E-state index is 0.290. The van der Waals surface area contributed by atoms with Gasteiger partial charge in [-0.2, -0.15) is 0 Å². The van der Waals surface area contributed by atoms with Gasteiger partial charge in [0.2, 0.25) is 0 Å². The number of rotatable bonds is 5. The number of thioether (sulfide) groups is 1. The average molecular weight is 413 g/mol. The molecule has 7 nitrogen and oxygen atoms in total. The number of fused-ring (bicyclic) bond motifs is 1. The van der Waals surface area contributed by atoms with E-state index in [0.29, 0.717) is 33.4 Å². The summed E-state index contributed by atoms with van der Waals surface area (Å²) in [5, 5.41) is 7.92. The number of hydrogen-bond acceptors (Lipinski definition) is 7. The van der Waals surface area contributed by atoms with Gasteiger partial charge < -0.3 is 11.1 Å². The zero-order valence-electron chi connectivity index (χ0n) is 15.6. The lowest BCUT2D eigenvalue weighted by Gasteiger charge is -2.16. The van der Waals surface area contributed by atoms with E-state index in [9.17, 15) is 8.78 Å². The first-order chi connectivity index (χ1) is 14.0. The Morgan fingerprint density at radius 3 is 2.79 bits per heavy atom. The predicted octanol–water partition coefficient (Wildman–Crippen LogP) is 3.94. The summed E-state index contributed by atoms with van der Waals surface area (Å²) < 4.78 is 28.9. The third kappa shape index (κ3) is 3.70. The second-order valence-corrected chi connectivity index (χ2v) is 7.08. The zero-order valence-corrected chi connectivity index (χ0v) is 16.4. The van der Waals surface area contributed by atoms with E-state index in [1.807, 2.05) is 6.26 Å². The number of nitrogens with one attached hydrogen (secondary N) is 1. The van der Waals surface area contributed by atoms with E-state index in [4.69, 9.17) is 5.73 Å². The molecule has 3 aromatic heterocycles. The van der Waals surface area contributed by atoms with Gasteiger partial charge in [0.1, 0.15) is 17.5 Å². The van der Waals surface area contributed by atoms with Crippen molar-refractivity contribution in [2.24, 2.45) is 0 Å². The number of anilines is 2. The molecule has 148 valence electrons. The van der Waals surface area contributed by atoms with Crippen molar-refractivity contribution in [3.8, 4) is 11.3 Å². The van der Waals surface area contributed by atoms with Gasteiger partial charge in [0.25, 0.3) is 0 Å². The van der Waals surface area contributed by atoms with Gasteiger partial charge in [-0.25, -0.2) is 28.2 Å². The summed E-state index contributed by atoms with van der Waals surface area (Å²) in [7, 11) is 0. The summed E-state index contributed by atoms with van der Waals surface area (Å²) in [6.45, 7) is 1.77. The third-order valence-electron chi connectivity index (χ3n) is 4.36. The highest BCUT2D eigenvalue weighted by atomic mass is 32.2. The smallest absolute Gasteiger partial charge is 0.189 e. The molecule has 0 amide bonds. The van der Waals surface area contributed by atoms with Crippen LogP contribution in [0.25, 0.3) is 16.9 Å². The first-order valence-corrected chi connectivity index (χ1v) is 9.92. The quantitative estimate of drug-likeness (QED) is 0.378. The Labute approximate surface area is 169 Å². The average Bonchev–Trinajstić information content (AvgIpc) is 3.03. The molecule has 4 aromatic rings. The van der Waals surface area contributed by atoms with Crippen LogP contribution in [0.1, 0.15) is 18.5 Å². The largest absolute Gasteiger partial charge is 0.382 e. The summed E-state index contributed by atoms with van der Waals surface area (Å²) in [6, 6.07) is 6.50. The van der Waals surface area contributed by atoms with Crippen LogP contribution in [0.5, 0.6) is 0 Å². The SMILES string of the molecule is CSc1nc(NC(C)c2ccc(F)cc2F)cc(-c2c(N)nn3cccnc23)n1. The van der Waals surface area contributed by atoms with Gasteiger partial charge in [0, 0.05) is 30.1 Å². The molecule has 0 saturated carbocycles. The van der Waals surface area contributed by atoms with Gasteiger partial charge in [-0.3, -0.25) is 0 Å². The molecule has 0 aliphatic heterocycles. The summed E-state index contributed by atoms with van der Waals surface area (Å²) in [5.41, 5.74) is 8.14. The lowest BCUT2D eigenvalue weighted by atomic mass is 10.1. The highest BCUT2D eigenvalue weighted by Gasteiger charge is 2.18. The summed E-state index contributed by atoms with van der Waals surface area (Å²) in [6.07, 6.45) is 5.25. The Morgan fingerprint density at radius 1 is 1.21 bits per heavy atom. The van der Waals surface area contributed by atoms with Crippen molar-refractivity contribution in [3.05, 3.63) is 59.9 Å². The van der Waals surface area contributed by atoms with E-state index in [-0.39, 0.29) is 5.82 Å². The van der Waals surface area contributed by atoms with Crippen LogP contribution in [0.4, 0.5) is 20.4 Å². The number of hydrogen-bond donors (Lipinski definition) is 2. The van der Waals surface area contributed by atoms with Gasteiger partial charge in [-0.1, -0.05) is 17.8 Å². The molecular weight excluding hydrogens is 396 g/mol. The number of nitrogens with two attached hydrogens (primary N) is 1. The first-order valence-electron chi connectivity index (χ1n) is 8.70. The minimum atomic E-state index is -0.625. The molecule has 0 saturated heterocycles. The summed E-state index contributed by atoms with van der Waals surface area (Å²) in [4.78, 5) is 13.3. The van der Waals surface area contributed by atoms with Crippen LogP contribution in [0, 0.1) is 11.6 Å². The van der Waals surface area contributed by atoms with Crippen molar-refractivity contribution in [2.75, 3.05) is 17.3 Å². The maximum atomic E-state index is 14.1. The number of nitrogens with zero attached hydrogens (tertiary/aromatic N) is 5. The molecule has 1 atom stereocenters. The minimum Gasteiger partial charge on any atom is -0.382 e. The standard InChI is InChI=1S/C19H17F2N7S/c1-10(12-5-4-11(20)8-13(12)21)24-15-9-14(25-19(26-15)29-2)16-17(22)27-28-7-3-6-23-18(16)28/h3-10H,1-2H3,(H2,22,27)(H,24,25,26). The molecule has 0 fully saturated rings. The van der Waals surface area contributed by atoms with Crippen LogP contribution < -0.4 is 11.1 Å². The molecule has 0 spiro atoms. The Balaban J connectivity index is 1.75. The highest BCUT2D eigenvalue weighted by Crippen LogP contribution is 2.31. The van der Waals surface area contributed by atoms with Crippen molar-refractivity contribution in [2.45, 2.75) is 18.1 Å². The molecule has 3 N–H and O–H groups in total. The van der Waals surface area contributed by atoms with E-state index in [1.54, 1.807) is 36.0 Å². The lowest BCUT2D eigenvalue weighted by Crippen LogP contribution is -2.11. The molecular formula is C19H17F2N7S. The van der Waals surface area contributed by atoms with Crippen molar-refractivity contribution < 1.29 is 8.78 Å². The van der Waals surface area contributed by atoms with Crippen LogP contribution in [0.3, 0.4) is 0 Å². The van der Waals surface area contributed by atoms with E-state index < -0.39 is 17.7 Å². The molecule has 10 heteroatoms. The van der Waals surface area contributed by atoms with Gasteiger partial charge >= 0.3 is 0 Å². The Morgan fingerprint density at radius 2 is 2.03 bits per heavy atom. The van der Waals surface area contributed by atoms with Crippen molar-refractivity contribution in [1.82, 2.24) is 24.6 Å². The molecule has 4 rings (SSSR count). The van der Waals surface area contributed by atoms with Gasteiger partial charge in [0.15, 0.2) is 16.6 Å². The fraction of sp³-hybridized carbons (Fsp3) is 0.158. The summed E-state index contributed by atoms with van der Waals surface area (Å²) in [5.74, 6) is -0.479. The maximum Gasteiger partial charge on any atom is 0.189 e. The van der Waals surface area contributed by atoms with Crippen LogP contribution in [0.15, 0.2) is 47.9 Å². The van der Waals surface area contributed by atoms with Crippen LogP contribution in [0.2, 0.25) is 0 Å². The topological polar surface area (TPSA) is 94.0 Å². The van der Waals surface area contributed by atoms with Crippen LogP contribution >= 0.6 is 11.8 Å². The molecule has 3 heterocycles. The normalized spacial score (nSPS) is 12.3. The van der Waals surface area contributed by atoms with E-state index in [1.165, 1.54) is 23.9 Å². The van der Waals surface area contributed by atoms with Gasteiger partial charge in [0.05, 0.1) is 17.3 Å². The Hall–Kier alpha value is -3.27. The fourth-order valence-electron chi connectivity index (χ4n) is 3.02. The molecule has 0 aliphatic rings. The van der Waals surface area contributed by atoms with E-state index in [0.717, 1.165) is 6.07 Å². The fourth-order valence-corrected chi connectivity index (χ4v) is 3.40. The van der Waals surface area contributed by atoms with Crippen molar-refractivity contribution in [1.29, 1.82) is 0 Å². The molecule has 1 unspecified atom stereocenters. The number of benzene rings is 1. The molecule has 0 bridgehead atoms. The first kappa shape index (κ1) is 19.1. The van der Waals surface area contributed by atoms with Crippen LogP contribution in [-0.4, -0.2) is 30.8 Å². The van der Waals surface area contributed by atoms with Gasteiger partial charge in [-0.15, -0.1) is 5.10 Å². The van der Waals surface area contributed by atoms with Crippen molar-refractivity contribution >= 4 is 29.0 Å². The van der Waals surface area contributed by atoms with E-state index in [2.05, 4.69) is 25.4 Å².